The number of unbranched alkanes of at least 4 members (excludes halogenated alkanes) is 10. The largest absolute Gasteiger partial charge is 0.394 e. The second kappa shape index (κ2) is 23.0. The van der Waals surface area contributed by atoms with Crippen LogP contribution in [0.1, 0.15) is 97.1 Å². The number of amides is 2. The van der Waals surface area contributed by atoms with Crippen LogP contribution >= 0.6 is 0 Å². The van der Waals surface area contributed by atoms with Crippen molar-refractivity contribution in [1.82, 2.24) is 20.2 Å². The summed E-state index contributed by atoms with van der Waals surface area (Å²) in [6.07, 6.45) is -6.36. The van der Waals surface area contributed by atoms with Crippen molar-refractivity contribution in [3.8, 4) is 0 Å². The summed E-state index contributed by atoms with van der Waals surface area (Å²) in [7, 11) is 0. The molecule has 3 aliphatic rings. The van der Waals surface area contributed by atoms with E-state index >= 15 is 0 Å². The van der Waals surface area contributed by atoms with Crippen molar-refractivity contribution in [2.24, 2.45) is 0 Å². The fraction of sp³-hybridized carbons (Fsp3) is 0.789. The van der Waals surface area contributed by atoms with Gasteiger partial charge in [-0.1, -0.05) is 70.8 Å². The molecule has 58 heavy (non-hydrogen) atoms. The van der Waals surface area contributed by atoms with E-state index in [1.54, 1.807) is 6.08 Å². The summed E-state index contributed by atoms with van der Waals surface area (Å²) in [6.45, 7) is 2.54. The number of aliphatic hydroxyl groups is 8. The predicted octanol–water partition coefficient (Wildman–Crippen LogP) is -2.33. The van der Waals surface area contributed by atoms with E-state index < -0.39 is 128 Å². The lowest BCUT2D eigenvalue weighted by molar-refractivity contribution is -0.346. The Balaban J connectivity index is 1.46. The maximum atomic E-state index is 13.1. The number of aromatic amines is 1. The molecule has 20 heteroatoms. The Morgan fingerprint density at radius 3 is 1.97 bits per heavy atom. The number of hydrogen-bond donors (Lipinski definition) is 11. The number of hydrogen-bond acceptors (Lipinski definition) is 16. The van der Waals surface area contributed by atoms with E-state index in [2.05, 4.69) is 17.6 Å². The van der Waals surface area contributed by atoms with Crippen molar-refractivity contribution in [1.29, 1.82) is 0 Å². The molecule has 0 saturated carbocycles. The second-order valence-electron chi connectivity index (χ2n) is 15.3. The summed E-state index contributed by atoms with van der Waals surface area (Å²) in [6, 6.07) is -2.01. The van der Waals surface area contributed by atoms with Gasteiger partial charge in [0.2, 0.25) is 11.8 Å². The molecule has 0 aromatic carbocycles. The lowest BCUT2D eigenvalue weighted by Crippen LogP contribution is -2.68. The van der Waals surface area contributed by atoms with Crippen LogP contribution < -0.4 is 21.9 Å². The molecule has 0 aliphatic carbocycles. The Bertz CT molecular complexity index is 1580. The van der Waals surface area contributed by atoms with Crippen LogP contribution in [0.4, 0.5) is 0 Å². The van der Waals surface area contributed by atoms with E-state index in [9.17, 15) is 60.0 Å². The third-order valence-electron chi connectivity index (χ3n) is 10.8. The fourth-order valence-corrected chi connectivity index (χ4v) is 7.50. The summed E-state index contributed by atoms with van der Waals surface area (Å²) in [5, 5.41) is 91.4. The van der Waals surface area contributed by atoms with Crippen molar-refractivity contribution in [3.05, 3.63) is 45.3 Å². The average molecular weight is 831 g/mol. The van der Waals surface area contributed by atoms with Gasteiger partial charge in [0.15, 0.2) is 18.8 Å². The van der Waals surface area contributed by atoms with Crippen LogP contribution in [-0.4, -0.2) is 155 Å². The molecule has 0 spiro atoms. The third kappa shape index (κ3) is 12.7. The fourth-order valence-electron chi connectivity index (χ4n) is 7.50. The zero-order valence-electron chi connectivity index (χ0n) is 33.0. The molecule has 11 N–H and O–H groups in total. The van der Waals surface area contributed by atoms with Gasteiger partial charge in [0.1, 0.15) is 60.9 Å². The normalized spacial score (nSPS) is 34.6. The standard InChI is InChI=1S/C38H62N4O16/c1-3-4-5-6-7-8-9-10-11-12-13-14-15-24(46)40-27-31(51)28(48)22(55-37(27)58-36-26(39-20(2)44)30(50)29(49)23(19-43)56-36)18-21(45)34-32(52)33(53)35(57-34)42-17-16-25(47)41-38(42)54/h14-17,21-23,26-37,43,45,48-53H,3-13,18-19H2,1-2H3,(H,39,44)(H,40,46)(H,41,47,54)/b15-14+/t21?,22-,23-,26-,27-,28+,29-,30-,31-,32+,33-,34-,35-,36+,37+/m1/s1. The maximum absolute atomic E-state index is 13.1. The van der Waals surface area contributed by atoms with Crippen molar-refractivity contribution in [2.45, 2.75) is 183 Å². The number of nitrogens with one attached hydrogen (secondary N) is 3. The van der Waals surface area contributed by atoms with Crippen LogP contribution in [0, 0.1) is 0 Å². The molecule has 1 aromatic heterocycles. The number of carbonyl (C=O) groups is 2. The predicted molar refractivity (Wildman–Crippen MR) is 203 cm³/mol. The third-order valence-corrected chi connectivity index (χ3v) is 10.8. The van der Waals surface area contributed by atoms with Crippen LogP contribution in [0.25, 0.3) is 0 Å². The SMILES string of the molecule is CCCCCCCCCCCC/C=C/C(=O)N[C@H]1[C@H](O[C@@H]2O[C@H](CO)[C@@H](O)[C@H](O)[C@H]2NC(C)=O)O[C@H](CC(O)[C@H]2O[C@@H](n3ccc(=O)[nH]c3=O)[C@H](O)[C@@H]2O)[C@H](O)[C@@H]1O. The van der Waals surface area contributed by atoms with Crippen molar-refractivity contribution >= 4 is 11.8 Å². The highest BCUT2D eigenvalue weighted by Crippen LogP contribution is 2.34. The summed E-state index contributed by atoms with van der Waals surface area (Å²) >= 11 is 0. The van der Waals surface area contributed by atoms with Crippen LogP contribution in [-0.2, 0) is 28.5 Å². The second-order valence-corrected chi connectivity index (χ2v) is 15.3. The molecule has 2 amide bonds. The Morgan fingerprint density at radius 1 is 0.810 bits per heavy atom. The van der Waals surface area contributed by atoms with Crippen molar-refractivity contribution < 1.29 is 69.4 Å². The lowest BCUT2D eigenvalue weighted by Gasteiger charge is -2.47. The molecule has 4 rings (SSSR count). The monoisotopic (exact) mass is 830 g/mol. The minimum absolute atomic E-state index is 0.597. The molecule has 1 aromatic rings. The van der Waals surface area contributed by atoms with E-state index in [1.807, 2.05) is 4.98 Å². The minimum atomic E-state index is -1.85. The van der Waals surface area contributed by atoms with Gasteiger partial charge < -0.3 is 70.4 Å². The molecular weight excluding hydrogens is 768 g/mol. The zero-order valence-corrected chi connectivity index (χ0v) is 33.0. The maximum Gasteiger partial charge on any atom is 0.330 e. The topological polar surface area (TPSA) is 312 Å². The Kier molecular flexibility index (Phi) is 18.9. The molecule has 15 atom stereocenters. The number of aliphatic hydroxyl groups excluding tert-OH is 8. The number of ether oxygens (including phenoxy) is 4. The summed E-state index contributed by atoms with van der Waals surface area (Å²) in [5.41, 5.74) is -1.68. The van der Waals surface area contributed by atoms with Gasteiger partial charge >= 0.3 is 5.69 Å². The molecule has 1 unspecified atom stereocenters. The first-order chi connectivity index (χ1) is 27.7. The van der Waals surface area contributed by atoms with Gasteiger partial charge in [0.05, 0.1) is 18.8 Å². The Morgan fingerprint density at radius 2 is 1.38 bits per heavy atom. The van der Waals surface area contributed by atoms with Gasteiger partial charge in [-0.3, -0.25) is 23.9 Å². The molecule has 20 nitrogen and oxygen atoms in total. The van der Waals surface area contributed by atoms with E-state index in [0.29, 0.717) is 6.42 Å². The molecular formula is C38H62N4O16. The van der Waals surface area contributed by atoms with Crippen LogP contribution in [0.3, 0.4) is 0 Å². The molecule has 3 saturated heterocycles. The number of nitrogens with zero attached hydrogens (tertiary/aromatic N) is 1. The van der Waals surface area contributed by atoms with Crippen LogP contribution in [0.5, 0.6) is 0 Å². The van der Waals surface area contributed by atoms with Gasteiger partial charge in [-0.05, 0) is 18.9 Å². The lowest BCUT2D eigenvalue weighted by atomic mass is 9.91. The number of H-pyrrole nitrogens is 1. The van der Waals surface area contributed by atoms with E-state index in [1.165, 1.54) is 44.6 Å². The van der Waals surface area contributed by atoms with E-state index in [0.717, 1.165) is 49.4 Å². The number of rotatable bonds is 21. The molecule has 4 heterocycles. The van der Waals surface area contributed by atoms with E-state index in [4.69, 9.17) is 18.9 Å². The van der Waals surface area contributed by atoms with Crippen LogP contribution in [0.2, 0.25) is 0 Å². The van der Waals surface area contributed by atoms with Gasteiger partial charge in [-0.15, -0.1) is 0 Å². The first-order valence-electron chi connectivity index (χ1n) is 20.2. The average Bonchev–Trinajstić information content (AvgIpc) is 3.48. The highest BCUT2D eigenvalue weighted by atomic mass is 16.8. The molecule has 0 radical (unpaired) electrons. The Labute approximate surface area is 335 Å². The summed E-state index contributed by atoms with van der Waals surface area (Å²) < 4.78 is 24.1. The molecule has 3 aliphatic heterocycles. The minimum Gasteiger partial charge on any atom is -0.394 e. The Hall–Kier alpha value is -3.12. The molecule has 0 bridgehead atoms. The molecule has 330 valence electrons. The zero-order chi connectivity index (χ0) is 42.5. The first kappa shape index (κ1) is 47.6. The van der Waals surface area contributed by atoms with E-state index in [-0.39, 0.29) is 0 Å². The van der Waals surface area contributed by atoms with Gasteiger partial charge in [-0.2, -0.15) is 0 Å². The van der Waals surface area contributed by atoms with Crippen LogP contribution in [0.15, 0.2) is 34.0 Å². The summed E-state index contributed by atoms with van der Waals surface area (Å²) in [4.78, 5) is 51.1. The smallest absolute Gasteiger partial charge is 0.330 e. The number of allylic oxidation sites excluding steroid dienone is 1. The quantitative estimate of drug-likeness (QED) is 0.0457. The summed E-state index contributed by atoms with van der Waals surface area (Å²) in [5.74, 6) is -1.35. The highest BCUT2D eigenvalue weighted by molar-refractivity contribution is 5.87. The highest BCUT2D eigenvalue weighted by Gasteiger charge is 2.53. The van der Waals surface area contributed by atoms with Gasteiger partial charge in [0.25, 0.3) is 5.56 Å². The number of aromatic nitrogens is 2. The first-order valence-corrected chi connectivity index (χ1v) is 20.2. The van der Waals surface area contributed by atoms with Crippen molar-refractivity contribution in [2.75, 3.05) is 6.61 Å². The van der Waals surface area contributed by atoms with Gasteiger partial charge in [0, 0.05) is 25.6 Å². The number of carbonyl (C=O) groups excluding carboxylic acids is 2. The molecule has 3 fully saturated rings. The van der Waals surface area contributed by atoms with Crippen molar-refractivity contribution in [3.63, 3.8) is 0 Å². The van der Waals surface area contributed by atoms with Gasteiger partial charge in [-0.25, -0.2) is 4.79 Å².